The molecule has 3 heterocycles. The van der Waals surface area contributed by atoms with Crippen molar-refractivity contribution in [3.05, 3.63) is 47.1 Å². The molecule has 0 aromatic carbocycles. The molecule has 0 saturated carbocycles. The highest BCUT2D eigenvalue weighted by Crippen LogP contribution is 2.18. The Morgan fingerprint density at radius 1 is 1.26 bits per heavy atom. The summed E-state index contributed by atoms with van der Waals surface area (Å²) in [6.45, 7) is 2.56. The van der Waals surface area contributed by atoms with Gasteiger partial charge in [-0.2, -0.15) is 5.26 Å². The second kappa shape index (κ2) is 5.88. The lowest BCUT2D eigenvalue weighted by atomic mass is 10.2. The van der Waals surface area contributed by atoms with Crippen molar-refractivity contribution in [1.29, 1.82) is 5.26 Å². The van der Waals surface area contributed by atoms with E-state index in [1.807, 2.05) is 6.07 Å². The van der Waals surface area contributed by atoms with Crippen molar-refractivity contribution in [2.75, 3.05) is 13.1 Å². The van der Waals surface area contributed by atoms with Crippen molar-refractivity contribution >= 4 is 11.8 Å². The van der Waals surface area contributed by atoms with Crippen LogP contribution in [0.1, 0.15) is 38.7 Å². The summed E-state index contributed by atoms with van der Waals surface area (Å²) in [5.41, 5.74) is 0.717. The molecule has 0 N–H and O–H groups in total. The number of nitrogens with zero attached hydrogens (tertiary/aromatic N) is 5. The highest BCUT2D eigenvalue weighted by Gasteiger charge is 2.33. The van der Waals surface area contributed by atoms with E-state index in [0.29, 0.717) is 30.8 Å². The molecule has 0 unspecified atom stereocenters. The monoisotopic (exact) mass is 311 g/mol. The molecule has 1 aliphatic rings. The number of hydrazine groups is 1. The van der Waals surface area contributed by atoms with Crippen LogP contribution in [0.15, 0.2) is 28.9 Å². The van der Waals surface area contributed by atoms with Crippen molar-refractivity contribution in [3.63, 3.8) is 0 Å². The number of nitriles is 1. The zero-order valence-electron chi connectivity index (χ0n) is 12.4. The predicted molar refractivity (Wildman–Crippen MR) is 76.9 cm³/mol. The Balaban J connectivity index is 1.81. The van der Waals surface area contributed by atoms with E-state index in [2.05, 4.69) is 10.1 Å². The standard InChI is InChI=1S/C15H13N5O3/c1-10-7-13(18-23-10)15(22)20-6-2-5-19(20)14(21)11-3-4-12(8-16)17-9-11/h3-4,7,9H,2,5-6H2,1H3. The molecule has 1 aliphatic heterocycles. The Morgan fingerprint density at radius 2 is 2.00 bits per heavy atom. The van der Waals surface area contributed by atoms with E-state index in [1.165, 1.54) is 34.4 Å². The summed E-state index contributed by atoms with van der Waals surface area (Å²) in [5.74, 6) is -0.191. The van der Waals surface area contributed by atoms with Crippen molar-refractivity contribution in [3.8, 4) is 6.07 Å². The lowest BCUT2D eigenvalue weighted by molar-refractivity contribution is 0.0179. The summed E-state index contributed by atoms with van der Waals surface area (Å²) < 4.78 is 4.91. The maximum atomic E-state index is 12.6. The summed E-state index contributed by atoms with van der Waals surface area (Å²) in [6.07, 6.45) is 2.01. The van der Waals surface area contributed by atoms with Crippen LogP contribution in [0.5, 0.6) is 0 Å². The average Bonchev–Trinajstić information content (AvgIpc) is 3.22. The molecule has 1 fully saturated rings. The Morgan fingerprint density at radius 3 is 2.57 bits per heavy atom. The van der Waals surface area contributed by atoms with Crippen molar-refractivity contribution in [2.45, 2.75) is 13.3 Å². The first-order chi connectivity index (χ1) is 11.1. The predicted octanol–water partition coefficient (Wildman–Crippen LogP) is 1.15. The van der Waals surface area contributed by atoms with Gasteiger partial charge in [-0.25, -0.2) is 15.0 Å². The van der Waals surface area contributed by atoms with E-state index in [0.717, 1.165) is 0 Å². The van der Waals surface area contributed by atoms with Gasteiger partial charge in [-0.1, -0.05) is 5.16 Å². The number of amides is 2. The quantitative estimate of drug-likeness (QED) is 0.824. The fourth-order valence-corrected chi connectivity index (χ4v) is 2.37. The van der Waals surface area contributed by atoms with E-state index >= 15 is 0 Å². The van der Waals surface area contributed by atoms with Crippen LogP contribution in [0.3, 0.4) is 0 Å². The fraction of sp³-hybridized carbons (Fsp3) is 0.267. The summed E-state index contributed by atoms with van der Waals surface area (Å²) in [4.78, 5) is 28.9. The first kappa shape index (κ1) is 14.7. The van der Waals surface area contributed by atoms with Crippen LogP contribution in [0.2, 0.25) is 0 Å². The molecular weight excluding hydrogens is 298 g/mol. The highest BCUT2D eigenvalue weighted by atomic mass is 16.5. The molecule has 116 valence electrons. The molecule has 1 saturated heterocycles. The SMILES string of the molecule is Cc1cc(C(=O)N2CCCN2C(=O)c2ccc(C#N)nc2)no1. The molecule has 3 rings (SSSR count). The maximum Gasteiger partial charge on any atom is 0.294 e. The van der Waals surface area contributed by atoms with Gasteiger partial charge in [-0.3, -0.25) is 9.59 Å². The molecule has 0 aliphatic carbocycles. The average molecular weight is 311 g/mol. The summed E-state index contributed by atoms with van der Waals surface area (Å²) in [5, 5.41) is 15.2. The van der Waals surface area contributed by atoms with Gasteiger partial charge in [0, 0.05) is 25.4 Å². The van der Waals surface area contributed by atoms with Gasteiger partial charge in [0.15, 0.2) is 5.69 Å². The van der Waals surface area contributed by atoms with Crippen LogP contribution in [-0.4, -0.2) is 45.1 Å². The van der Waals surface area contributed by atoms with E-state index in [1.54, 1.807) is 6.92 Å². The number of rotatable bonds is 2. The Hall–Kier alpha value is -3.21. The molecular formula is C15H13N5O3. The van der Waals surface area contributed by atoms with E-state index in [4.69, 9.17) is 9.78 Å². The fourth-order valence-electron chi connectivity index (χ4n) is 2.37. The van der Waals surface area contributed by atoms with Gasteiger partial charge in [-0.15, -0.1) is 0 Å². The van der Waals surface area contributed by atoms with Crippen molar-refractivity contribution in [1.82, 2.24) is 20.2 Å². The lowest BCUT2D eigenvalue weighted by Gasteiger charge is -2.27. The van der Waals surface area contributed by atoms with E-state index in [-0.39, 0.29) is 23.2 Å². The zero-order valence-corrected chi connectivity index (χ0v) is 12.4. The van der Waals surface area contributed by atoms with Gasteiger partial charge in [0.1, 0.15) is 17.5 Å². The summed E-state index contributed by atoms with van der Waals surface area (Å²) in [7, 11) is 0. The number of aryl methyl sites for hydroxylation is 1. The highest BCUT2D eigenvalue weighted by molar-refractivity contribution is 5.98. The first-order valence-electron chi connectivity index (χ1n) is 7.03. The minimum atomic E-state index is -0.380. The number of carbonyl (C=O) groups is 2. The topological polar surface area (TPSA) is 103 Å². The van der Waals surface area contributed by atoms with E-state index < -0.39 is 0 Å². The minimum absolute atomic E-state index is 0.167. The zero-order chi connectivity index (χ0) is 16.4. The van der Waals surface area contributed by atoms with Gasteiger partial charge < -0.3 is 4.52 Å². The second-order valence-electron chi connectivity index (χ2n) is 5.08. The molecule has 2 amide bonds. The molecule has 0 atom stereocenters. The number of hydrogen-bond acceptors (Lipinski definition) is 6. The summed E-state index contributed by atoms with van der Waals surface area (Å²) >= 11 is 0. The number of hydrogen-bond donors (Lipinski definition) is 0. The molecule has 2 aromatic rings. The van der Waals surface area contributed by atoms with Gasteiger partial charge in [-0.05, 0) is 25.5 Å². The van der Waals surface area contributed by atoms with Gasteiger partial charge in [0.2, 0.25) is 0 Å². The van der Waals surface area contributed by atoms with Crippen LogP contribution >= 0.6 is 0 Å². The molecule has 0 spiro atoms. The third kappa shape index (κ3) is 2.76. The van der Waals surface area contributed by atoms with Crippen LogP contribution in [0, 0.1) is 18.3 Å². The van der Waals surface area contributed by atoms with Gasteiger partial charge >= 0.3 is 0 Å². The van der Waals surface area contributed by atoms with Crippen molar-refractivity contribution < 1.29 is 14.1 Å². The van der Waals surface area contributed by atoms with Crippen LogP contribution < -0.4 is 0 Å². The molecule has 8 heteroatoms. The van der Waals surface area contributed by atoms with E-state index in [9.17, 15) is 9.59 Å². The van der Waals surface area contributed by atoms with Crippen LogP contribution in [-0.2, 0) is 0 Å². The molecule has 23 heavy (non-hydrogen) atoms. The maximum absolute atomic E-state index is 12.6. The Bertz CT molecular complexity index is 790. The second-order valence-corrected chi connectivity index (χ2v) is 5.08. The number of pyridine rings is 1. The number of aromatic nitrogens is 2. The third-order valence-corrected chi connectivity index (χ3v) is 3.47. The minimum Gasteiger partial charge on any atom is -0.361 e. The van der Waals surface area contributed by atoms with Gasteiger partial charge in [0.05, 0.1) is 5.56 Å². The molecule has 8 nitrogen and oxygen atoms in total. The Kier molecular flexibility index (Phi) is 3.76. The normalized spacial score (nSPS) is 13.9. The largest absolute Gasteiger partial charge is 0.361 e. The number of carbonyl (C=O) groups excluding carboxylic acids is 2. The van der Waals surface area contributed by atoms with Crippen LogP contribution in [0.4, 0.5) is 0 Å². The first-order valence-corrected chi connectivity index (χ1v) is 7.03. The van der Waals surface area contributed by atoms with Crippen molar-refractivity contribution in [2.24, 2.45) is 0 Å². The smallest absolute Gasteiger partial charge is 0.294 e. The lowest BCUT2D eigenvalue weighted by Crippen LogP contribution is -2.45. The summed E-state index contributed by atoms with van der Waals surface area (Å²) in [6, 6.07) is 6.42. The molecule has 2 aromatic heterocycles. The molecule has 0 bridgehead atoms. The molecule has 0 radical (unpaired) electrons. The van der Waals surface area contributed by atoms with Gasteiger partial charge in [0.25, 0.3) is 11.8 Å². The Labute approximate surface area is 131 Å². The van der Waals surface area contributed by atoms with Crippen LogP contribution in [0.25, 0.3) is 0 Å². The third-order valence-electron chi connectivity index (χ3n) is 3.47.